The SMILES string of the molecule is COc1ccc([C@H](CC2CC2)N2CCNCC2)cc1O. The van der Waals surface area contributed by atoms with Gasteiger partial charge in [0.15, 0.2) is 11.5 Å². The molecule has 2 N–H and O–H groups in total. The number of phenolic OH excluding ortho intramolecular Hbond substituents is 1. The van der Waals surface area contributed by atoms with E-state index in [0.29, 0.717) is 11.8 Å². The number of piperazine rings is 1. The van der Waals surface area contributed by atoms with Crippen LogP contribution in [-0.2, 0) is 0 Å². The van der Waals surface area contributed by atoms with Gasteiger partial charge in [-0.05, 0) is 30.0 Å². The van der Waals surface area contributed by atoms with Crippen LogP contribution in [0.15, 0.2) is 18.2 Å². The molecule has 0 radical (unpaired) electrons. The number of nitrogens with zero attached hydrogens (tertiary/aromatic N) is 1. The molecule has 0 amide bonds. The van der Waals surface area contributed by atoms with E-state index in [1.807, 2.05) is 12.1 Å². The summed E-state index contributed by atoms with van der Waals surface area (Å²) in [4.78, 5) is 2.55. The molecule has 0 spiro atoms. The Bertz CT molecular complexity index is 454. The minimum absolute atomic E-state index is 0.251. The molecule has 1 aliphatic carbocycles. The molecular formula is C16H24N2O2. The zero-order chi connectivity index (χ0) is 13.9. The topological polar surface area (TPSA) is 44.7 Å². The van der Waals surface area contributed by atoms with Crippen molar-refractivity contribution in [3.8, 4) is 11.5 Å². The van der Waals surface area contributed by atoms with Crippen LogP contribution in [0.2, 0.25) is 0 Å². The van der Waals surface area contributed by atoms with Gasteiger partial charge >= 0.3 is 0 Å². The number of ether oxygens (including phenoxy) is 1. The number of methoxy groups -OCH3 is 1. The van der Waals surface area contributed by atoms with Crippen molar-refractivity contribution in [2.45, 2.75) is 25.3 Å². The van der Waals surface area contributed by atoms with E-state index in [4.69, 9.17) is 4.74 Å². The third-order valence-electron chi connectivity index (χ3n) is 4.43. The predicted octanol–water partition coefficient (Wildman–Crippen LogP) is 2.15. The molecule has 4 nitrogen and oxygen atoms in total. The Kier molecular flexibility index (Phi) is 4.13. The highest BCUT2D eigenvalue weighted by molar-refractivity contribution is 5.42. The van der Waals surface area contributed by atoms with Gasteiger partial charge in [0.1, 0.15) is 0 Å². The molecule has 1 aromatic rings. The highest BCUT2D eigenvalue weighted by atomic mass is 16.5. The number of hydrogen-bond donors (Lipinski definition) is 2. The fourth-order valence-electron chi connectivity index (χ4n) is 3.07. The van der Waals surface area contributed by atoms with E-state index in [0.717, 1.165) is 32.1 Å². The lowest BCUT2D eigenvalue weighted by molar-refractivity contribution is 0.160. The predicted molar refractivity (Wildman–Crippen MR) is 79.2 cm³/mol. The molecule has 2 fully saturated rings. The molecule has 0 unspecified atom stereocenters. The maximum absolute atomic E-state index is 10.0. The standard InChI is InChI=1S/C16H24N2O2/c1-20-16-5-4-13(11-15(16)19)14(10-12-2-3-12)18-8-6-17-7-9-18/h4-5,11-12,14,17,19H,2-3,6-10H2,1H3/t14-/m0/s1. The molecule has 3 rings (SSSR count). The fraction of sp³-hybridized carbons (Fsp3) is 0.625. The van der Waals surface area contributed by atoms with E-state index >= 15 is 0 Å². The van der Waals surface area contributed by atoms with E-state index in [9.17, 15) is 5.11 Å². The molecule has 2 aliphatic rings. The maximum atomic E-state index is 10.0. The molecule has 1 atom stereocenters. The highest BCUT2D eigenvalue weighted by Gasteiger charge is 2.30. The van der Waals surface area contributed by atoms with Crippen molar-refractivity contribution in [2.75, 3.05) is 33.3 Å². The van der Waals surface area contributed by atoms with Crippen LogP contribution in [0, 0.1) is 5.92 Å². The van der Waals surface area contributed by atoms with Crippen LogP contribution < -0.4 is 10.1 Å². The maximum Gasteiger partial charge on any atom is 0.160 e. The van der Waals surface area contributed by atoms with Gasteiger partial charge in [0.25, 0.3) is 0 Å². The molecule has 1 saturated heterocycles. The Morgan fingerprint density at radius 1 is 1.35 bits per heavy atom. The molecule has 4 heteroatoms. The summed E-state index contributed by atoms with van der Waals surface area (Å²) in [6.07, 6.45) is 3.95. The summed E-state index contributed by atoms with van der Waals surface area (Å²) in [7, 11) is 1.59. The lowest BCUT2D eigenvalue weighted by Gasteiger charge is -2.35. The van der Waals surface area contributed by atoms with Crippen LogP contribution in [0.25, 0.3) is 0 Å². The van der Waals surface area contributed by atoms with Gasteiger partial charge in [-0.2, -0.15) is 0 Å². The van der Waals surface area contributed by atoms with E-state index in [2.05, 4.69) is 16.3 Å². The second kappa shape index (κ2) is 6.02. The molecule has 20 heavy (non-hydrogen) atoms. The Morgan fingerprint density at radius 3 is 2.70 bits per heavy atom. The third-order valence-corrected chi connectivity index (χ3v) is 4.43. The number of benzene rings is 1. The van der Waals surface area contributed by atoms with Crippen molar-refractivity contribution < 1.29 is 9.84 Å². The Hall–Kier alpha value is -1.26. The average molecular weight is 276 g/mol. The van der Waals surface area contributed by atoms with Crippen LogP contribution in [0.3, 0.4) is 0 Å². The highest BCUT2D eigenvalue weighted by Crippen LogP contribution is 2.41. The van der Waals surface area contributed by atoms with Crippen LogP contribution in [0.1, 0.15) is 30.9 Å². The number of aromatic hydroxyl groups is 1. The second-order valence-electron chi connectivity index (χ2n) is 5.91. The van der Waals surface area contributed by atoms with Gasteiger partial charge in [0.05, 0.1) is 7.11 Å². The number of rotatable bonds is 5. The van der Waals surface area contributed by atoms with E-state index in [-0.39, 0.29) is 5.75 Å². The first-order valence-electron chi connectivity index (χ1n) is 7.59. The molecule has 110 valence electrons. The lowest BCUT2D eigenvalue weighted by atomic mass is 9.98. The first kappa shape index (κ1) is 13.7. The minimum Gasteiger partial charge on any atom is -0.504 e. The zero-order valence-electron chi connectivity index (χ0n) is 12.1. The first-order chi connectivity index (χ1) is 9.78. The van der Waals surface area contributed by atoms with Crippen molar-refractivity contribution in [3.63, 3.8) is 0 Å². The number of phenols is 1. The van der Waals surface area contributed by atoms with Crippen molar-refractivity contribution >= 4 is 0 Å². The van der Waals surface area contributed by atoms with Crippen molar-refractivity contribution in [1.29, 1.82) is 0 Å². The van der Waals surface area contributed by atoms with E-state index in [1.165, 1.54) is 24.8 Å². The molecule has 1 heterocycles. The van der Waals surface area contributed by atoms with E-state index < -0.39 is 0 Å². The summed E-state index contributed by atoms with van der Waals surface area (Å²) in [6, 6.07) is 6.30. The summed E-state index contributed by atoms with van der Waals surface area (Å²) in [6.45, 7) is 4.29. The minimum atomic E-state index is 0.251. The van der Waals surface area contributed by atoms with Gasteiger partial charge in [-0.15, -0.1) is 0 Å². The van der Waals surface area contributed by atoms with E-state index in [1.54, 1.807) is 7.11 Å². The average Bonchev–Trinajstić information content (AvgIpc) is 3.30. The quantitative estimate of drug-likeness (QED) is 0.865. The van der Waals surface area contributed by atoms with Gasteiger partial charge in [-0.1, -0.05) is 18.9 Å². The van der Waals surface area contributed by atoms with Gasteiger partial charge in [0.2, 0.25) is 0 Å². The fourth-order valence-corrected chi connectivity index (χ4v) is 3.07. The second-order valence-corrected chi connectivity index (χ2v) is 5.91. The smallest absolute Gasteiger partial charge is 0.160 e. The summed E-state index contributed by atoms with van der Waals surface area (Å²) in [5.41, 5.74) is 1.22. The van der Waals surface area contributed by atoms with Gasteiger partial charge in [0, 0.05) is 32.2 Å². The molecule has 0 aromatic heterocycles. The van der Waals surface area contributed by atoms with Crippen LogP contribution in [0.5, 0.6) is 11.5 Å². The first-order valence-corrected chi connectivity index (χ1v) is 7.59. The normalized spacial score (nSPS) is 21.6. The lowest BCUT2D eigenvalue weighted by Crippen LogP contribution is -2.45. The summed E-state index contributed by atoms with van der Waals surface area (Å²) < 4.78 is 5.15. The molecule has 1 saturated carbocycles. The number of nitrogens with one attached hydrogen (secondary N) is 1. The number of hydrogen-bond acceptors (Lipinski definition) is 4. The van der Waals surface area contributed by atoms with Crippen LogP contribution in [0.4, 0.5) is 0 Å². The van der Waals surface area contributed by atoms with Gasteiger partial charge in [-0.25, -0.2) is 0 Å². The Morgan fingerprint density at radius 2 is 2.10 bits per heavy atom. The largest absolute Gasteiger partial charge is 0.504 e. The van der Waals surface area contributed by atoms with Gasteiger partial charge < -0.3 is 15.2 Å². The Labute approximate surface area is 120 Å². The molecular weight excluding hydrogens is 252 g/mol. The van der Waals surface area contributed by atoms with Crippen LogP contribution >= 0.6 is 0 Å². The summed E-state index contributed by atoms with van der Waals surface area (Å²) in [5, 5.41) is 13.4. The third kappa shape index (κ3) is 3.07. The van der Waals surface area contributed by atoms with Crippen LogP contribution in [-0.4, -0.2) is 43.3 Å². The summed E-state index contributed by atoms with van der Waals surface area (Å²) >= 11 is 0. The molecule has 1 aromatic carbocycles. The molecule has 0 bridgehead atoms. The summed E-state index contributed by atoms with van der Waals surface area (Å²) in [5.74, 6) is 1.68. The molecule has 1 aliphatic heterocycles. The van der Waals surface area contributed by atoms with Crippen molar-refractivity contribution in [1.82, 2.24) is 10.2 Å². The van der Waals surface area contributed by atoms with Gasteiger partial charge in [-0.3, -0.25) is 4.90 Å². The monoisotopic (exact) mass is 276 g/mol. The Balaban J connectivity index is 1.81. The van der Waals surface area contributed by atoms with Crippen molar-refractivity contribution in [3.05, 3.63) is 23.8 Å². The zero-order valence-corrected chi connectivity index (χ0v) is 12.1. The van der Waals surface area contributed by atoms with Crippen molar-refractivity contribution in [2.24, 2.45) is 5.92 Å².